The minimum absolute atomic E-state index is 0.0379. The summed E-state index contributed by atoms with van der Waals surface area (Å²) in [5, 5.41) is 0. The smallest absolute Gasteiger partial charge is 0.196 e. The highest BCUT2D eigenvalue weighted by Gasteiger charge is 2.83. The van der Waals surface area contributed by atoms with E-state index in [1.165, 1.54) is 11.1 Å². The summed E-state index contributed by atoms with van der Waals surface area (Å²) in [6.07, 6.45) is 5.64. The van der Waals surface area contributed by atoms with Crippen LogP contribution in [-0.4, -0.2) is 42.0 Å². The van der Waals surface area contributed by atoms with E-state index in [-0.39, 0.29) is 22.8 Å². The lowest BCUT2D eigenvalue weighted by Gasteiger charge is -2.41. The first-order chi connectivity index (χ1) is 10.2. The molecule has 0 radical (unpaired) electrons. The Labute approximate surface area is 122 Å². The second-order valence-corrected chi connectivity index (χ2v) is 6.82. The molecule has 6 rings (SSSR count). The molecule has 2 fully saturated rings. The van der Waals surface area contributed by atoms with Gasteiger partial charge in [-0.25, -0.2) is 0 Å². The summed E-state index contributed by atoms with van der Waals surface area (Å²) in [7, 11) is 1.67. The van der Waals surface area contributed by atoms with Gasteiger partial charge in [-0.3, -0.25) is 9.69 Å². The van der Waals surface area contributed by atoms with Crippen LogP contribution >= 0.6 is 0 Å². The van der Waals surface area contributed by atoms with Gasteiger partial charge in [0.15, 0.2) is 23.4 Å². The normalized spacial score (nSPS) is 46.0. The van der Waals surface area contributed by atoms with Crippen LogP contribution in [-0.2, 0) is 16.6 Å². The van der Waals surface area contributed by atoms with Gasteiger partial charge >= 0.3 is 0 Å². The Morgan fingerprint density at radius 1 is 1.43 bits per heavy atom. The van der Waals surface area contributed by atoms with Gasteiger partial charge in [0.25, 0.3) is 0 Å². The fourth-order valence-electron chi connectivity index (χ4n) is 5.80. The maximum absolute atomic E-state index is 12.5. The Kier molecular flexibility index (Phi) is 1.49. The second-order valence-electron chi connectivity index (χ2n) is 6.82. The lowest BCUT2D eigenvalue weighted by molar-refractivity contribution is -0.124. The molecule has 4 nitrogen and oxygen atoms in total. The molecule has 1 unspecified atom stereocenters. The Bertz CT molecular complexity index is 770. The van der Waals surface area contributed by atoms with Crippen LogP contribution in [0.5, 0.6) is 11.5 Å². The maximum Gasteiger partial charge on any atom is 0.196 e. The van der Waals surface area contributed by atoms with Crippen molar-refractivity contribution in [3.63, 3.8) is 0 Å². The van der Waals surface area contributed by atoms with E-state index in [1.54, 1.807) is 13.2 Å². The lowest BCUT2D eigenvalue weighted by atomic mass is 9.57. The molecule has 3 heterocycles. The highest BCUT2D eigenvalue weighted by atomic mass is 16.5. The first kappa shape index (κ1) is 10.9. The number of hydrogen-bond donors (Lipinski definition) is 0. The monoisotopic (exact) mass is 281 g/mol. The van der Waals surface area contributed by atoms with Crippen LogP contribution in [0.1, 0.15) is 17.5 Å². The molecule has 2 aliphatic carbocycles. The van der Waals surface area contributed by atoms with Crippen molar-refractivity contribution in [2.24, 2.45) is 0 Å². The molecule has 4 heteroatoms. The van der Waals surface area contributed by atoms with Gasteiger partial charge in [0.1, 0.15) is 0 Å². The Hall–Kier alpha value is -1.81. The first-order valence-electron chi connectivity index (χ1n) is 7.61. The molecule has 3 aliphatic heterocycles. The third-order valence-electron chi connectivity index (χ3n) is 6.48. The van der Waals surface area contributed by atoms with Crippen molar-refractivity contribution in [1.82, 2.24) is 4.90 Å². The molecule has 0 saturated carbocycles. The highest BCUT2D eigenvalue weighted by Crippen LogP contribution is 2.73. The average molecular weight is 281 g/mol. The van der Waals surface area contributed by atoms with Gasteiger partial charge in [0.2, 0.25) is 0 Å². The van der Waals surface area contributed by atoms with E-state index in [1.807, 2.05) is 6.07 Å². The van der Waals surface area contributed by atoms with Crippen LogP contribution in [0.3, 0.4) is 0 Å². The van der Waals surface area contributed by atoms with Crippen molar-refractivity contribution in [3.8, 4) is 11.5 Å². The van der Waals surface area contributed by atoms with Crippen LogP contribution < -0.4 is 9.47 Å². The van der Waals surface area contributed by atoms with E-state index in [2.05, 4.69) is 17.0 Å². The zero-order valence-electron chi connectivity index (χ0n) is 11.8. The molecule has 5 atom stereocenters. The first-order valence-corrected chi connectivity index (χ1v) is 7.61. The topological polar surface area (TPSA) is 38.5 Å². The predicted molar refractivity (Wildman–Crippen MR) is 74.8 cm³/mol. The number of carbonyl (C=O) groups excluding carboxylic acids is 1. The van der Waals surface area contributed by atoms with Gasteiger partial charge < -0.3 is 9.47 Å². The third kappa shape index (κ3) is 0.821. The number of hydrogen-bond acceptors (Lipinski definition) is 4. The average Bonchev–Trinajstić information content (AvgIpc) is 2.81. The molecule has 0 N–H and O–H groups in total. The minimum Gasteiger partial charge on any atom is -0.493 e. The van der Waals surface area contributed by atoms with Crippen LogP contribution in [0.2, 0.25) is 0 Å². The number of piperidine rings is 1. The number of methoxy groups -OCH3 is 1. The Balaban J connectivity index is 1.76. The van der Waals surface area contributed by atoms with Crippen LogP contribution in [0.15, 0.2) is 24.3 Å². The van der Waals surface area contributed by atoms with Crippen molar-refractivity contribution in [2.45, 2.75) is 35.9 Å². The second kappa shape index (κ2) is 2.88. The number of carbonyl (C=O) groups is 1. The van der Waals surface area contributed by atoms with Crippen molar-refractivity contribution in [1.29, 1.82) is 0 Å². The standard InChI is InChI=1S/C17H15NO3/c1-20-11-3-2-9-8-12-17-5-4-10(19)15-16(17,6-7-18(12)17)13(9)14(11)21-15/h2-5,12,15H,6-8H2,1H3/t12-,15+,16+,17-,18?/m1/s1. The van der Waals surface area contributed by atoms with E-state index in [0.717, 1.165) is 30.9 Å². The molecule has 21 heavy (non-hydrogen) atoms. The fourth-order valence-corrected chi connectivity index (χ4v) is 5.80. The third-order valence-corrected chi connectivity index (χ3v) is 6.48. The highest BCUT2D eigenvalue weighted by molar-refractivity contribution is 6.00. The van der Waals surface area contributed by atoms with Crippen molar-refractivity contribution < 1.29 is 14.3 Å². The van der Waals surface area contributed by atoms with E-state index < -0.39 is 0 Å². The summed E-state index contributed by atoms with van der Waals surface area (Å²) in [6.45, 7) is 1.07. The summed E-state index contributed by atoms with van der Waals surface area (Å²) in [4.78, 5) is 15.1. The van der Waals surface area contributed by atoms with E-state index in [0.29, 0.717) is 6.04 Å². The molecule has 106 valence electrons. The lowest BCUT2D eigenvalue weighted by Crippen LogP contribution is -2.56. The van der Waals surface area contributed by atoms with Gasteiger partial charge in [-0.2, -0.15) is 0 Å². The van der Waals surface area contributed by atoms with Gasteiger partial charge in [-0.05, 0) is 30.5 Å². The zero-order valence-corrected chi connectivity index (χ0v) is 11.8. The molecule has 2 spiro atoms. The largest absolute Gasteiger partial charge is 0.493 e. The number of rotatable bonds is 1. The number of ketones is 1. The minimum atomic E-state index is -0.358. The van der Waals surface area contributed by atoms with Gasteiger partial charge in [0, 0.05) is 18.2 Å². The van der Waals surface area contributed by atoms with Gasteiger partial charge in [0.05, 0.1) is 18.1 Å². The fraction of sp³-hybridized carbons (Fsp3) is 0.471. The molecule has 1 aromatic carbocycles. The quantitative estimate of drug-likeness (QED) is 0.725. The summed E-state index contributed by atoms with van der Waals surface area (Å²) in [5.41, 5.74) is 2.48. The molecule has 5 aliphatic rings. The van der Waals surface area contributed by atoms with Gasteiger partial charge in [-0.1, -0.05) is 12.1 Å². The maximum atomic E-state index is 12.5. The summed E-state index contributed by atoms with van der Waals surface area (Å²) in [6, 6.07) is 4.70. The van der Waals surface area contributed by atoms with Crippen LogP contribution in [0.4, 0.5) is 0 Å². The number of ether oxygens (including phenoxy) is 2. The van der Waals surface area contributed by atoms with E-state index in [9.17, 15) is 4.79 Å². The molecular formula is C17H15NO3. The number of benzene rings is 1. The molecule has 0 bridgehead atoms. The van der Waals surface area contributed by atoms with E-state index >= 15 is 0 Å². The van der Waals surface area contributed by atoms with Crippen molar-refractivity contribution in [2.75, 3.05) is 13.7 Å². The van der Waals surface area contributed by atoms with E-state index in [4.69, 9.17) is 9.47 Å². The summed E-state index contributed by atoms with van der Waals surface area (Å²) >= 11 is 0. The molecule has 1 aromatic rings. The molecule has 2 saturated heterocycles. The summed E-state index contributed by atoms with van der Waals surface area (Å²) < 4.78 is 11.7. The van der Waals surface area contributed by atoms with Crippen molar-refractivity contribution in [3.05, 3.63) is 35.4 Å². The predicted octanol–water partition coefficient (Wildman–Crippen LogP) is 1.22. The Morgan fingerprint density at radius 3 is 3.19 bits per heavy atom. The molecule has 0 amide bonds. The SMILES string of the molecule is COc1ccc2c3c1O[C@H]1C(=O)C=C[C@]45[C@@H](C2)N4CC[C@]315. The number of fused-ring (bicyclic) bond motifs is 1. The Morgan fingerprint density at radius 2 is 2.33 bits per heavy atom. The zero-order chi connectivity index (χ0) is 14.0. The number of nitrogens with zero attached hydrogens (tertiary/aromatic N) is 1. The van der Waals surface area contributed by atoms with Gasteiger partial charge in [-0.15, -0.1) is 0 Å². The molecular weight excluding hydrogens is 266 g/mol. The molecule has 0 aromatic heterocycles. The van der Waals surface area contributed by atoms with Crippen molar-refractivity contribution >= 4 is 5.78 Å². The van der Waals surface area contributed by atoms with Crippen LogP contribution in [0.25, 0.3) is 0 Å². The summed E-state index contributed by atoms with van der Waals surface area (Å²) in [5.74, 6) is 1.70. The van der Waals surface area contributed by atoms with Crippen LogP contribution in [0, 0.1) is 0 Å².